The first-order valence-electron chi connectivity index (χ1n) is 6.93. The van der Waals surface area contributed by atoms with Crippen LogP contribution in [0.3, 0.4) is 0 Å². The number of carboxylic acid groups (broad SMARTS) is 1. The Morgan fingerprint density at radius 3 is 2.65 bits per heavy atom. The zero-order chi connectivity index (χ0) is 16.7. The van der Waals surface area contributed by atoms with E-state index < -0.39 is 11.7 Å². The summed E-state index contributed by atoms with van der Waals surface area (Å²) in [6.45, 7) is 3.59. The number of fused-ring (bicyclic) bond motifs is 1. The Labute approximate surface area is 130 Å². The standard InChI is InChI=1S/C15H14N4O4/c1-7(2)19-13-10(17-15(19)23)11(14(21)22)16-12(18-13)8-4-3-5-9(20)6-8/h3-7,20H,1-2H3,(H,17,23)(H,21,22). The van der Waals surface area contributed by atoms with Crippen LogP contribution in [-0.2, 0) is 0 Å². The van der Waals surface area contributed by atoms with Crippen molar-refractivity contribution in [3.63, 3.8) is 0 Å². The lowest BCUT2D eigenvalue weighted by Gasteiger charge is -2.08. The van der Waals surface area contributed by atoms with Crippen molar-refractivity contribution in [2.45, 2.75) is 19.9 Å². The molecule has 0 amide bonds. The van der Waals surface area contributed by atoms with E-state index in [4.69, 9.17) is 0 Å². The van der Waals surface area contributed by atoms with Gasteiger partial charge in [-0.15, -0.1) is 0 Å². The molecular weight excluding hydrogens is 300 g/mol. The molecule has 118 valence electrons. The van der Waals surface area contributed by atoms with E-state index in [1.807, 2.05) is 0 Å². The summed E-state index contributed by atoms with van der Waals surface area (Å²) in [5.41, 5.74) is 0.0268. The summed E-state index contributed by atoms with van der Waals surface area (Å²) in [5, 5.41) is 19.0. The molecule has 0 atom stereocenters. The SMILES string of the molecule is CC(C)n1c(=O)[nH]c2c(C(=O)O)nc(-c3cccc(O)c3)nc21. The Morgan fingerprint density at radius 1 is 1.30 bits per heavy atom. The van der Waals surface area contributed by atoms with E-state index in [9.17, 15) is 19.8 Å². The van der Waals surface area contributed by atoms with Gasteiger partial charge < -0.3 is 15.2 Å². The van der Waals surface area contributed by atoms with E-state index in [1.165, 1.54) is 16.7 Å². The van der Waals surface area contributed by atoms with Gasteiger partial charge in [-0.2, -0.15) is 0 Å². The second-order valence-electron chi connectivity index (χ2n) is 5.34. The van der Waals surface area contributed by atoms with Crippen LogP contribution < -0.4 is 5.69 Å². The number of imidazole rings is 1. The second kappa shape index (κ2) is 5.24. The topological polar surface area (TPSA) is 121 Å². The number of phenolic OH excluding ortho intramolecular Hbond substituents is 1. The van der Waals surface area contributed by atoms with Crippen molar-refractivity contribution < 1.29 is 15.0 Å². The number of benzene rings is 1. The average molecular weight is 314 g/mol. The Hall–Kier alpha value is -3.16. The van der Waals surface area contributed by atoms with Crippen molar-refractivity contribution >= 4 is 17.1 Å². The number of nitrogens with one attached hydrogen (secondary N) is 1. The molecule has 0 aliphatic carbocycles. The predicted molar refractivity (Wildman–Crippen MR) is 82.6 cm³/mol. The molecule has 0 aliphatic rings. The monoisotopic (exact) mass is 314 g/mol. The molecule has 2 aromatic heterocycles. The van der Waals surface area contributed by atoms with Gasteiger partial charge in [0.1, 0.15) is 11.3 Å². The Balaban J connectivity index is 2.39. The van der Waals surface area contributed by atoms with Crippen LogP contribution in [0.1, 0.15) is 30.4 Å². The molecule has 0 spiro atoms. The van der Waals surface area contributed by atoms with E-state index in [-0.39, 0.29) is 34.5 Å². The van der Waals surface area contributed by atoms with E-state index >= 15 is 0 Å². The summed E-state index contributed by atoms with van der Waals surface area (Å²) in [5.74, 6) is -1.13. The first-order chi connectivity index (χ1) is 10.9. The van der Waals surface area contributed by atoms with E-state index in [0.29, 0.717) is 5.56 Å². The minimum Gasteiger partial charge on any atom is -0.508 e. The molecule has 3 rings (SSSR count). The number of hydrogen-bond donors (Lipinski definition) is 3. The molecule has 0 radical (unpaired) electrons. The molecule has 23 heavy (non-hydrogen) atoms. The molecule has 1 aromatic carbocycles. The number of phenols is 1. The second-order valence-corrected chi connectivity index (χ2v) is 5.34. The van der Waals surface area contributed by atoms with Crippen LogP contribution in [0.25, 0.3) is 22.6 Å². The van der Waals surface area contributed by atoms with Crippen LogP contribution in [0.15, 0.2) is 29.1 Å². The Kier molecular flexibility index (Phi) is 3.36. The molecule has 3 N–H and O–H groups in total. The number of aromatic nitrogens is 4. The summed E-state index contributed by atoms with van der Waals surface area (Å²) in [6.07, 6.45) is 0. The number of hydrogen-bond acceptors (Lipinski definition) is 5. The molecule has 0 saturated carbocycles. The van der Waals surface area contributed by atoms with Gasteiger partial charge in [0.2, 0.25) is 0 Å². The van der Waals surface area contributed by atoms with Gasteiger partial charge in [-0.25, -0.2) is 19.6 Å². The van der Waals surface area contributed by atoms with Gasteiger partial charge in [-0.1, -0.05) is 12.1 Å². The highest BCUT2D eigenvalue weighted by Gasteiger charge is 2.21. The molecule has 3 aromatic rings. The normalized spacial score (nSPS) is 11.3. The highest BCUT2D eigenvalue weighted by atomic mass is 16.4. The minimum atomic E-state index is -1.27. The Bertz CT molecular complexity index is 971. The average Bonchev–Trinajstić information content (AvgIpc) is 2.81. The zero-order valence-electron chi connectivity index (χ0n) is 12.4. The molecule has 2 heterocycles. The lowest BCUT2D eigenvalue weighted by molar-refractivity contribution is 0.0692. The van der Waals surface area contributed by atoms with Crippen LogP contribution in [-0.4, -0.2) is 35.7 Å². The van der Waals surface area contributed by atoms with E-state index in [2.05, 4.69) is 15.0 Å². The van der Waals surface area contributed by atoms with Gasteiger partial charge in [-0.3, -0.25) is 4.57 Å². The lowest BCUT2D eigenvalue weighted by Crippen LogP contribution is -2.18. The molecule has 0 aliphatic heterocycles. The van der Waals surface area contributed by atoms with Crippen molar-refractivity contribution in [1.82, 2.24) is 19.5 Å². The van der Waals surface area contributed by atoms with Crippen molar-refractivity contribution in [3.8, 4) is 17.1 Å². The highest BCUT2D eigenvalue weighted by Crippen LogP contribution is 2.24. The largest absolute Gasteiger partial charge is 0.508 e. The van der Waals surface area contributed by atoms with Crippen molar-refractivity contribution in [2.75, 3.05) is 0 Å². The fourth-order valence-electron chi connectivity index (χ4n) is 2.41. The Morgan fingerprint density at radius 2 is 2.04 bits per heavy atom. The smallest absolute Gasteiger partial charge is 0.356 e. The van der Waals surface area contributed by atoms with Gasteiger partial charge in [0, 0.05) is 11.6 Å². The molecule has 0 saturated heterocycles. The summed E-state index contributed by atoms with van der Waals surface area (Å²) >= 11 is 0. The van der Waals surface area contributed by atoms with Gasteiger partial charge in [-0.05, 0) is 26.0 Å². The molecular formula is C15H14N4O4. The zero-order valence-corrected chi connectivity index (χ0v) is 12.4. The van der Waals surface area contributed by atoms with Crippen LogP contribution in [0, 0.1) is 0 Å². The number of H-pyrrole nitrogens is 1. The maximum Gasteiger partial charge on any atom is 0.356 e. The molecule has 0 fully saturated rings. The number of carboxylic acids is 1. The third kappa shape index (κ3) is 2.44. The fraction of sp³-hybridized carbons (Fsp3) is 0.200. The maximum absolute atomic E-state index is 12.1. The number of nitrogens with zero attached hydrogens (tertiary/aromatic N) is 3. The number of aromatic hydroxyl groups is 1. The number of aromatic carboxylic acids is 1. The molecule has 8 nitrogen and oxygen atoms in total. The van der Waals surface area contributed by atoms with Crippen molar-refractivity contribution in [2.24, 2.45) is 0 Å². The first kappa shape index (κ1) is 14.8. The van der Waals surface area contributed by atoms with Crippen LogP contribution in [0.2, 0.25) is 0 Å². The fourth-order valence-corrected chi connectivity index (χ4v) is 2.41. The number of aromatic amines is 1. The molecule has 8 heteroatoms. The number of carbonyl (C=O) groups is 1. The van der Waals surface area contributed by atoms with Gasteiger partial charge >= 0.3 is 11.7 Å². The molecule has 0 bridgehead atoms. The van der Waals surface area contributed by atoms with E-state index in [0.717, 1.165) is 0 Å². The quantitative estimate of drug-likeness (QED) is 0.677. The predicted octanol–water partition coefficient (Wildman–Crippen LogP) is 1.77. The number of rotatable bonds is 3. The first-order valence-corrected chi connectivity index (χ1v) is 6.93. The summed E-state index contributed by atoms with van der Waals surface area (Å²) in [4.78, 5) is 34.4. The maximum atomic E-state index is 12.1. The van der Waals surface area contributed by atoms with Crippen molar-refractivity contribution in [1.29, 1.82) is 0 Å². The van der Waals surface area contributed by atoms with Crippen LogP contribution in [0.4, 0.5) is 0 Å². The van der Waals surface area contributed by atoms with E-state index in [1.54, 1.807) is 26.0 Å². The van der Waals surface area contributed by atoms with Gasteiger partial charge in [0.15, 0.2) is 17.2 Å². The highest BCUT2D eigenvalue weighted by molar-refractivity contribution is 5.98. The summed E-state index contributed by atoms with van der Waals surface area (Å²) in [7, 11) is 0. The third-order valence-electron chi connectivity index (χ3n) is 3.39. The third-order valence-corrected chi connectivity index (χ3v) is 3.39. The molecule has 0 unspecified atom stereocenters. The summed E-state index contributed by atoms with van der Waals surface area (Å²) < 4.78 is 1.37. The minimum absolute atomic E-state index is 0.0124. The summed E-state index contributed by atoms with van der Waals surface area (Å²) in [6, 6.07) is 5.96. The van der Waals surface area contributed by atoms with Crippen molar-refractivity contribution in [3.05, 3.63) is 40.4 Å². The lowest BCUT2D eigenvalue weighted by atomic mass is 10.2. The van der Waals surface area contributed by atoms with Gasteiger partial charge in [0.25, 0.3) is 0 Å². The van der Waals surface area contributed by atoms with Gasteiger partial charge in [0.05, 0.1) is 0 Å². The van der Waals surface area contributed by atoms with Crippen LogP contribution in [0.5, 0.6) is 5.75 Å². The van der Waals surface area contributed by atoms with Crippen LogP contribution >= 0.6 is 0 Å².